The lowest BCUT2D eigenvalue weighted by atomic mass is 10.0. The molecule has 1 heterocycles. The molecule has 0 radical (unpaired) electrons. The quantitative estimate of drug-likeness (QED) is 0.452. The van der Waals surface area contributed by atoms with Gasteiger partial charge in [0.2, 0.25) is 5.71 Å². The molecule has 5 nitrogen and oxygen atoms in total. The van der Waals surface area contributed by atoms with Crippen LogP contribution >= 0.6 is 15.9 Å². The first-order valence-corrected chi connectivity index (χ1v) is 7.58. The number of carbonyl (C=O) groups excluding carboxylic acids is 2. The molecule has 1 amide bonds. The SMILES string of the molecule is CCCCC[C@H](Br)C1=[NH+]C(=O)OCCC1OC(C)=O. The van der Waals surface area contributed by atoms with Crippen LogP contribution in [0.25, 0.3) is 0 Å². The topological polar surface area (TPSA) is 66.6 Å². The fourth-order valence-corrected chi connectivity index (χ4v) is 2.71. The maximum absolute atomic E-state index is 11.4. The average Bonchev–Trinajstić information content (AvgIpc) is 2.51. The lowest BCUT2D eigenvalue weighted by Gasteiger charge is -2.16. The lowest BCUT2D eigenvalue weighted by molar-refractivity contribution is -0.370. The van der Waals surface area contributed by atoms with E-state index in [1.54, 1.807) is 0 Å². The van der Waals surface area contributed by atoms with Gasteiger partial charge in [-0.3, -0.25) is 4.79 Å². The number of esters is 1. The molecule has 0 aromatic rings. The predicted molar refractivity (Wildman–Crippen MR) is 74.3 cm³/mol. The van der Waals surface area contributed by atoms with E-state index in [4.69, 9.17) is 9.47 Å². The highest BCUT2D eigenvalue weighted by Gasteiger charge is 2.34. The van der Waals surface area contributed by atoms with Gasteiger partial charge in [0, 0.05) is 13.3 Å². The molecule has 2 atom stereocenters. The van der Waals surface area contributed by atoms with Crippen LogP contribution in [0.4, 0.5) is 4.79 Å². The van der Waals surface area contributed by atoms with Crippen molar-refractivity contribution in [1.82, 2.24) is 0 Å². The summed E-state index contributed by atoms with van der Waals surface area (Å²) >= 11 is 3.56. The van der Waals surface area contributed by atoms with E-state index in [-0.39, 0.29) is 17.4 Å². The molecule has 0 aliphatic carbocycles. The number of alkyl halides is 1. The lowest BCUT2D eigenvalue weighted by Crippen LogP contribution is -2.80. The van der Waals surface area contributed by atoms with Gasteiger partial charge in [-0.05, 0) is 6.42 Å². The Kier molecular flexibility index (Phi) is 7.05. The minimum absolute atomic E-state index is 0.00551. The van der Waals surface area contributed by atoms with Crippen LogP contribution in [0.15, 0.2) is 0 Å². The van der Waals surface area contributed by atoms with E-state index >= 15 is 0 Å². The molecule has 108 valence electrons. The summed E-state index contributed by atoms with van der Waals surface area (Å²) in [6.07, 6.45) is 3.81. The molecule has 0 aromatic heterocycles. The first-order valence-electron chi connectivity index (χ1n) is 6.66. The number of carbonyl (C=O) groups is 2. The number of cyclic esters (lactones) is 1. The second-order valence-electron chi connectivity index (χ2n) is 4.57. The second-order valence-corrected chi connectivity index (χ2v) is 5.67. The van der Waals surface area contributed by atoms with Crippen LogP contribution in [0.5, 0.6) is 0 Å². The van der Waals surface area contributed by atoms with Gasteiger partial charge in [0.15, 0.2) is 6.10 Å². The van der Waals surface area contributed by atoms with Crippen molar-refractivity contribution >= 4 is 33.7 Å². The smallest absolute Gasteiger partial charge is 0.451 e. The van der Waals surface area contributed by atoms with Crippen molar-refractivity contribution in [3.8, 4) is 0 Å². The zero-order valence-corrected chi connectivity index (χ0v) is 13.0. The van der Waals surface area contributed by atoms with Crippen molar-refractivity contribution in [2.45, 2.75) is 56.9 Å². The van der Waals surface area contributed by atoms with Gasteiger partial charge in [-0.25, -0.2) is 0 Å². The molecule has 1 aliphatic rings. The molecule has 0 fully saturated rings. The Morgan fingerprint density at radius 2 is 2.32 bits per heavy atom. The summed E-state index contributed by atoms with van der Waals surface area (Å²) in [6, 6.07) is 0. The molecular weight excluding hydrogens is 314 g/mol. The van der Waals surface area contributed by atoms with E-state index in [1.807, 2.05) is 0 Å². The van der Waals surface area contributed by atoms with Crippen LogP contribution in [-0.4, -0.2) is 35.3 Å². The molecule has 0 spiro atoms. The van der Waals surface area contributed by atoms with Crippen LogP contribution < -0.4 is 4.99 Å². The van der Waals surface area contributed by atoms with E-state index in [0.29, 0.717) is 12.1 Å². The third kappa shape index (κ3) is 5.72. The molecule has 1 rings (SSSR count). The maximum atomic E-state index is 11.4. The number of hydrogen-bond donors (Lipinski definition) is 1. The summed E-state index contributed by atoms with van der Waals surface area (Å²) < 4.78 is 10.2. The summed E-state index contributed by atoms with van der Waals surface area (Å²) in [4.78, 5) is 25.3. The number of halogens is 1. The summed E-state index contributed by atoms with van der Waals surface area (Å²) in [5.41, 5.74) is 0.689. The van der Waals surface area contributed by atoms with Crippen LogP contribution in [-0.2, 0) is 14.3 Å². The van der Waals surface area contributed by atoms with E-state index in [2.05, 4.69) is 27.8 Å². The molecule has 1 aliphatic heterocycles. The zero-order chi connectivity index (χ0) is 14.3. The Bertz CT molecular complexity index is 357. The van der Waals surface area contributed by atoms with Crippen molar-refractivity contribution in [3.63, 3.8) is 0 Å². The Labute approximate surface area is 121 Å². The molecule has 0 saturated heterocycles. The van der Waals surface area contributed by atoms with E-state index in [1.165, 1.54) is 6.92 Å². The maximum Gasteiger partial charge on any atom is 0.594 e. The number of nitrogens with one attached hydrogen (secondary N) is 1. The second kappa shape index (κ2) is 8.30. The molecule has 19 heavy (non-hydrogen) atoms. The summed E-state index contributed by atoms with van der Waals surface area (Å²) in [7, 11) is 0. The fourth-order valence-electron chi connectivity index (χ4n) is 1.98. The first kappa shape index (κ1) is 16.1. The number of hydrogen-bond acceptors (Lipinski definition) is 4. The van der Waals surface area contributed by atoms with Gasteiger partial charge in [-0.1, -0.05) is 42.1 Å². The highest BCUT2D eigenvalue weighted by Crippen LogP contribution is 2.16. The van der Waals surface area contributed by atoms with Gasteiger partial charge in [-0.2, -0.15) is 4.79 Å². The van der Waals surface area contributed by atoms with Crippen molar-refractivity contribution < 1.29 is 24.1 Å². The Balaban J connectivity index is 2.74. The largest absolute Gasteiger partial charge is 0.594 e. The molecule has 0 aromatic carbocycles. The van der Waals surface area contributed by atoms with E-state index in [9.17, 15) is 9.59 Å². The number of unbranched alkanes of at least 4 members (excludes halogenated alkanes) is 2. The Morgan fingerprint density at radius 3 is 2.95 bits per heavy atom. The third-order valence-electron chi connectivity index (χ3n) is 2.91. The molecule has 0 bridgehead atoms. The Morgan fingerprint density at radius 1 is 1.58 bits per heavy atom. The van der Waals surface area contributed by atoms with Crippen LogP contribution in [0.3, 0.4) is 0 Å². The van der Waals surface area contributed by atoms with Crippen molar-refractivity contribution in [1.29, 1.82) is 0 Å². The molecule has 0 saturated carbocycles. The van der Waals surface area contributed by atoms with E-state index < -0.39 is 12.2 Å². The van der Waals surface area contributed by atoms with E-state index in [0.717, 1.165) is 25.7 Å². The van der Waals surface area contributed by atoms with Crippen molar-refractivity contribution in [3.05, 3.63) is 0 Å². The molecule has 6 heteroatoms. The van der Waals surface area contributed by atoms with Crippen LogP contribution in [0.1, 0.15) is 46.0 Å². The highest BCUT2D eigenvalue weighted by atomic mass is 79.9. The monoisotopic (exact) mass is 334 g/mol. The van der Waals surface area contributed by atoms with Gasteiger partial charge in [-0.15, -0.1) is 4.99 Å². The average molecular weight is 335 g/mol. The van der Waals surface area contributed by atoms with Gasteiger partial charge >= 0.3 is 12.1 Å². The molecule has 1 unspecified atom stereocenters. The highest BCUT2D eigenvalue weighted by molar-refractivity contribution is 9.10. The zero-order valence-electron chi connectivity index (χ0n) is 11.4. The normalized spacial score (nSPS) is 21.1. The van der Waals surface area contributed by atoms with Gasteiger partial charge in [0.25, 0.3) is 0 Å². The van der Waals surface area contributed by atoms with Crippen molar-refractivity contribution in [2.24, 2.45) is 0 Å². The molecule has 1 N–H and O–H groups in total. The fraction of sp³-hybridized carbons (Fsp3) is 0.769. The molecular formula is C13H21BrNO4+. The number of amides is 1. The number of ether oxygens (including phenoxy) is 2. The third-order valence-corrected chi connectivity index (χ3v) is 3.86. The van der Waals surface area contributed by atoms with Gasteiger partial charge in [0.1, 0.15) is 6.61 Å². The summed E-state index contributed by atoms with van der Waals surface area (Å²) in [5.74, 6) is -0.355. The predicted octanol–water partition coefficient (Wildman–Crippen LogP) is 1.32. The minimum Gasteiger partial charge on any atom is -0.451 e. The summed E-state index contributed by atoms with van der Waals surface area (Å²) in [5, 5.41) is 0. The van der Waals surface area contributed by atoms with Crippen molar-refractivity contribution in [2.75, 3.05) is 6.61 Å². The Hall–Kier alpha value is -0.910. The standard InChI is InChI=1S/C13H20BrNO4/c1-3-4-5-6-10(14)12-11(19-9(2)16)7-8-18-13(17)15-12/h10-11H,3-8H2,1-2H3/p+1/t10-,11?/m0/s1. The number of rotatable bonds is 6. The van der Waals surface area contributed by atoms with Crippen LogP contribution in [0, 0.1) is 0 Å². The van der Waals surface area contributed by atoms with Gasteiger partial charge in [0.05, 0.1) is 4.83 Å². The van der Waals surface area contributed by atoms with Crippen LogP contribution in [0.2, 0.25) is 0 Å². The minimum atomic E-state index is -0.482. The first-order chi connectivity index (χ1) is 9.04. The summed E-state index contributed by atoms with van der Waals surface area (Å²) in [6.45, 7) is 3.76. The van der Waals surface area contributed by atoms with Gasteiger partial charge < -0.3 is 9.47 Å².